The molecule has 0 radical (unpaired) electrons. The van der Waals surface area contributed by atoms with Crippen LogP contribution in [-0.4, -0.2) is 33.8 Å². The maximum Gasteiger partial charge on any atom is 0.0521 e. The number of aromatic nitrogens is 2. The molecule has 1 atom stereocenters. The molecule has 0 aromatic carbocycles. The highest BCUT2D eigenvalue weighted by atomic mass is 35.5. The number of piperidine rings is 1. The monoisotopic (exact) mass is 266 g/mol. The van der Waals surface area contributed by atoms with Gasteiger partial charge in [0.25, 0.3) is 0 Å². The van der Waals surface area contributed by atoms with E-state index >= 15 is 0 Å². The molecule has 16 heavy (non-hydrogen) atoms. The molecule has 1 aromatic rings. The summed E-state index contributed by atoms with van der Waals surface area (Å²) < 4.78 is 1.93. The quantitative estimate of drug-likeness (QED) is 0.875. The number of nitrogens with two attached hydrogens (primary N) is 1. The highest BCUT2D eigenvalue weighted by Gasteiger charge is 2.17. The molecular formula is C10H20Cl2N4. The first kappa shape index (κ1) is 15.7. The molecule has 94 valence electrons. The van der Waals surface area contributed by atoms with Crippen LogP contribution in [0.25, 0.3) is 0 Å². The van der Waals surface area contributed by atoms with Gasteiger partial charge in [0.2, 0.25) is 0 Å². The Balaban J connectivity index is 0.00000112. The Morgan fingerprint density at radius 1 is 1.50 bits per heavy atom. The smallest absolute Gasteiger partial charge is 0.0521 e. The van der Waals surface area contributed by atoms with Crippen LogP contribution in [0.15, 0.2) is 12.3 Å². The highest BCUT2D eigenvalue weighted by molar-refractivity contribution is 5.85. The van der Waals surface area contributed by atoms with Crippen LogP contribution in [-0.2, 0) is 13.6 Å². The van der Waals surface area contributed by atoms with Crippen molar-refractivity contribution in [2.45, 2.75) is 25.4 Å². The lowest BCUT2D eigenvalue weighted by atomic mass is 10.1. The predicted octanol–water partition coefficient (Wildman–Crippen LogP) is 1.19. The zero-order valence-electron chi connectivity index (χ0n) is 9.50. The highest BCUT2D eigenvalue weighted by Crippen LogP contribution is 2.11. The predicted molar refractivity (Wildman–Crippen MR) is 70.2 cm³/mol. The van der Waals surface area contributed by atoms with Crippen molar-refractivity contribution in [1.82, 2.24) is 14.7 Å². The van der Waals surface area contributed by atoms with Gasteiger partial charge < -0.3 is 5.73 Å². The Morgan fingerprint density at radius 3 is 2.81 bits per heavy atom. The third kappa shape index (κ3) is 3.94. The van der Waals surface area contributed by atoms with Crippen molar-refractivity contribution in [3.63, 3.8) is 0 Å². The number of nitrogens with zero attached hydrogens (tertiary/aromatic N) is 3. The molecule has 0 amide bonds. The topological polar surface area (TPSA) is 47.1 Å². The Kier molecular flexibility index (Phi) is 6.99. The molecule has 2 heterocycles. The fraction of sp³-hybridized carbons (Fsp3) is 0.700. The van der Waals surface area contributed by atoms with Crippen molar-refractivity contribution in [3.8, 4) is 0 Å². The Hall–Kier alpha value is -0.290. The van der Waals surface area contributed by atoms with Crippen LogP contribution in [0, 0.1) is 0 Å². The molecule has 6 heteroatoms. The van der Waals surface area contributed by atoms with Crippen LogP contribution in [0.1, 0.15) is 18.5 Å². The van der Waals surface area contributed by atoms with Gasteiger partial charge >= 0.3 is 0 Å². The molecule has 0 saturated carbocycles. The van der Waals surface area contributed by atoms with Gasteiger partial charge in [0.15, 0.2) is 0 Å². The average Bonchev–Trinajstić information content (AvgIpc) is 2.52. The van der Waals surface area contributed by atoms with Crippen LogP contribution in [0.3, 0.4) is 0 Å². The van der Waals surface area contributed by atoms with E-state index in [9.17, 15) is 0 Å². The van der Waals surface area contributed by atoms with Gasteiger partial charge in [-0.3, -0.25) is 9.58 Å². The average molecular weight is 267 g/mol. The summed E-state index contributed by atoms with van der Waals surface area (Å²) in [6, 6.07) is 2.43. The SMILES string of the molecule is Cl.Cl.Cn1nccc1CN1CCCC(N)C1. The Labute approximate surface area is 109 Å². The summed E-state index contributed by atoms with van der Waals surface area (Å²) in [4.78, 5) is 2.41. The normalized spacial score (nSPS) is 21.0. The number of aryl methyl sites for hydroxylation is 1. The lowest BCUT2D eigenvalue weighted by Crippen LogP contribution is -2.42. The molecule has 0 aliphatic carbocycles. The Morgan fingerprint density at radius 2 is 2.25 bits per heavy atom. The van der Waals surface area contributed by atoms with Gasteiger partial charge in [0.1, 0.15) is 0 Å². The summed E-state index contributed by atoms with van der Waals surface area (Å²) in [6.45, 7) is 3.16. The summed E-state index contributed by atoms with van der Waals surface area (Å²) >= 11 is 0. The van der Waals surface area contributed by atoms with E-state index in [0.717, 1.165) is 13.1 Å². The molecule has 1 aromatic heterocycles. The zero-order chi connectivity index (χ0) is 9.97. The second kappa shape index (κ2) is 7.12. The van der Waals surface area contributed by atoms with E-state index in [1.165, 1.54) is 25.1 Å². The minimum absolute atomic E-state index is 0. The van der Waals surface area contributed by atoms with E-state index < -0.39 is 0 Å². The van der Waals surface area contributed by atoms with E-state index in [0.29, 0.717) is 6.04 Å². The van der Waals surface area contributed by atoms with Crippen LogP contribution < -0.4 is 5.73 Å². The summed E-state index contributed by atoms with van der Waals surface area (Å²) in [6.07, 6.45) is 4.24. The molecule has 1 aliphatic rings. The molecule has 1 fully saturated rings. The first-order valence-electron chi connectivity index (χ1n) is 5.20. The van der Waals surface area contributed by atoms with Crippen molar-refractivity contribution >= 4 is 24.8 Å². The second-order valence-electron chi connectivity index (χ2n) is 4.08. The third-order valence-corrected chi connectivity index (χ3v) is 2.85. The van der Waals surface area contributed by atoms with E-state index in [2.05, 4.69) is 16.1 Å². The summed E-state index contributed by atoms with van der Waals surface area (Å²) in [5.41, 5.74) is 7.19. The summed E-state index contributed by atoms with van der Waals surface area (Å²) in [7, 11) is 1.99. The van der Waals surface area contributed by atoms with Crippen LogP contribution >= 0.6 is 24.8 Å². The molecule has 1 saturated heterocycles. The molecule has 1 unspecified atom stereocenters. The van der Waals surface area contributed by atoms with E-state index in [4.69, 9.17) is 5.73 Å². The lowest BCUT2D eigenvalue weighted by molar-refractivity contribution is 0.197. The first-order chi connectivity index (χ1) is 6.75. The number of halogens is 2. The number of hydrogen-bond acceptors (Lipinski definition) is 3. The minimum atomic E-state index is 0. The molecule has 2 N–H and O–H groups in total. The first-order valence-corrected chi connectivity index (χ1v) is 5.20. The molecule has 4 nitrogen and oxygen atoms in total. The van der Waals surface area contributed by atoms with Gasteiger partial charge in [0.05, 0.1) is 5.69 Å². The number of rotatable bonds is 2. The third-order valence-electron chi connectivity index (χ3n) is 2.85. The molecule has 0 bridgehead atoms. The lowest BCUT2D eigenvalue weighted by Gasteiger charge is -2.30. The number of likely N-dealkylation sites (tertiary alicyclic amines) is 1. The maximum atomic E-state index is 5.93. The van der Waals surface area contributed by atoms with E-state index in [1.807, 2.05) is 17.9 Å². The molecule has 0 spiro atoms. The Bertz CT molecular complexity index is 303. The van der Waals surface area contributed by atoms with Crippen molar-refractivity contribution in [3.05, 3.63) is 18.0 Å². The van der Waals surface area contributed by atoms with Crippen molar-refractivity contribution < 1.29 is 0 Å². The van der Waals surface area contributed by atoms with Gasteiger partial charge in [-0.1, -0.05) is 0 Å². The van der Waals surface area contributed by atoms with E-state index in [1.54, 1.807) is 0 Å². The summed E-state index contributed by atoms with van der Waals surface area (Å²) in [5.74, 6) is 0. The van der Waals surface area contributed by atoms with Gasteiger partial charge in [0, 0.05) is 32.4 Å². The summed E-state index contributed by atoms with van der Waals surface area (Å²) in [5, 5.41) is 4.16. The van der Waals surface area contributed by atoms with Crippen LogP contribution in [0.4, 0.5) is 0 Å². The van der Waals surface area contributed by atoms with Gasteiger partial charge in [-0.15, -0.1) is 24.8 Å². The van der Waals surface area contributed by atoms with Gasteiger partial charge in [-0.05, 0) is 25.5 Å². The maximum absolute atomic E-state index is 5.93. The van der Waals surface area contributed by atoms with Crippen molar-refractivity contribution in [1.29, 1.82) is 0 Å². The molecule has 2 rings (SSSR count). The van der Waals surface area contributed by atoms with Crippen molar-refractivity contribution in [2.24, 2.45) is 12.8 Å². The minimum Gasteiger partial charge on any atom is -0.327 e. The van der Waals surface area contributed by atoms with Crippen LogP contribution in [0.5, 0.6) is 0 Å². The fourth-order valence-electron chi connectivity index (χ4n) is 2.02. The molecular weight excluding hydrogens is 247 g/mol. The number of hydrogen-bond donors (Lipinski definition) is 1. The van der Waals surface area contributed by atoms with E-state index in [-0.39, 0.29) is 24.8 Å². The largest absolute Gasteiger partial charge is 0.327 e. The van der Waals surface area contributed by atoms with Crippen LogP contribution in [0.2, 0.25) is 0 Å². The standard InChI is InChI=1S/C10H18N4.2ClH/c1-13-10(4-5-12-13)8-14-6-2-3-9(11)7-14;;/h4-5,9H,2-3,6-8,11H2,1H3;2*1H. The fourth-order valence-corrected chi connectivity index (χ4v) is 2.02. The zero-order valence-corrected chi connectivity index (χ0v) is 11.1. The second-order valence-corrected chi connectivity index (χ2v) is 4.08. The molecule has 1 aliphatic heterocycles. The van der Waals surface area contributed by atoms with Gasteiger partial charge in [-0.25, -0.2) is 0 Å². The van der Waals surface area contributed by atoms with Gasteiger partial charge in [-0.2, -0.15) is 5.10 Å². The van der Waals surface area contributed by atoms with Crippen molar-refractivity contribution in [2.75, 3.05) is 13.1 Å².